The Balaban J connectivity index is 1.54. The number of Topliss-reactive ketones (excluding diaryl/α,β-unsaturated/α-hetero) is 1. The molecule has 360 valence electrons. The number of cyclic esters (lactones) is 1. The number of aliphatic hydroxyl groups is 5. The van der Waals surface area contributed by atoms with Crippen molar-refractivity contribution in [3.63, 3.8) is 0 Å². The Kier molecular flexibility index (Phi) is 16.7. The lowest BCUT2D eigenvalue weighted by Crippen LogP contribution is -2.61. The van der Waals surface area contributed by atoms with Gasteiger partial charge in [-0.1, -0.05) is 32.9 Å². The zero-order valence-corrected chi connectivity index (χ0v) is 39.3. The van der Waals surface area contributed by atoms with E-state index in [0.717, 1.165) is 0 Å². The maximum Gasteiger partial charge on any atom is 0.311 e. The summed E-state index contributed by atoms with van der Waals surface area (Å²) in [5, 5.41) is 61.9. The molecule has 3 aliphatic heterocycles. The van der Waals surface area contributed by atoms with Crippen LogP contribution in [0.5, 0.6) is 0 Å². The van der Waals surface area contributed by atoms with E-state index >= 15 is 0 Å². The zero-order valence-electron chi connectivity index (χ0n) is 39.3. The summed E-state index contributed by atoms with van der Waals surface area (Å²) < 4.78 is 37.6. The number of methoxy groups -OCH3 is 1. The first-order valence-corrected chi connectivity index (χ1v) is 22.4. The van der Waals surface area contributed by atoms with Gasteiger partial charge in [0.2, 0.25) is 0 Å². The quantitative estimate of drug-likeness (QED) is 0.187. The molecule has 3 fully saturated rings. The van der Waals surface area contributed by atoms with Gasteiger partial charge in [0.15, 0.2) is 12.6 Å². The van der Waals surface area contributed by atoms with Crippen LogP contribution < -0.4 is 5.32 Å². The van der Waals surface area contributed by atoms with Gasteiger partial charge in [-0.05, 0) is 80.6 Å². The number of carbonyl (C=O) groups is 3. The summed E-state index contributed by atoms with van der Waals surface area (Å²) in [6.45, 7) is 14.1. The Labute approximate surface area is 376 Å². The van der Waals surface area contributed by atoms with Gasteiger partial charge in [-0.3, -0.25) is 19.4 Å². The van der Waals surface area contributed by atoms with Gasteiger partial charge in [0.25, 0.3) is 5.91 Å². The molecule has 3 saturated heterocycles. The van der Waals surface area contributed by atoms with Crippen LogP contribution in [0.15, 0.2) is 30.5 Å². The summed E-state index contributed by atoms with van der Waals surface area (Å²) in [5.74, 6) is -6.27. The lowest BCUT2D eigenvalue weighted by molar-refractivity contribution is -0.318. The van der Waals surface area contributed by atoms with Crippen molar-refractivity contribution in [2.45, 2.75) is 172 Å². The second kappa shape index (κ2) is 20.7. The molecule has 0 bridgehead atoms. The van der Waals surface area contributed by atoms with Crippen molar-refractivity contribution < 1.29 is 68.3 Å². The van der Waals surface area contributed by atoms with E-state index in [-0.39, 0.29) is 43.6 Å². The van der Waals surface area contributed by atoms with Gasteiger partial charge in [0.05, 0.1) is 64.9 Å². The smallest absolute Gasteiger partial charge is 0.311 e. The van der Waals surface area contributed by atoms with Gasteiger partial charge in [0.1, 0.15) is 35.4 Å². The number of fused-ring (bicyclic) bond motifs is 1. The summed E-state index contributed by atoms with van der Waals surface area (Å²) in [6, 6.07) is 6.68. The molecular weight excluding hydrogens is 833 g/mol. The van der Waals surface area contributed by atoms with Gasteiger partial charge in [-0.15, -0.1) is 0 Å². The molecule has 1 amide bonds. The van der Waals surface area contributed by atoms with E-state index in [1.807, 2.05) is 25.9 Å². The minimum absolute atomic E-state index is 0.0304. The molecule has 2 aromatic rings. The highest BCUT2D eigenvalue weighted by molar-refractivity contribution is 5.93. The third-order valence-electron chi connectivity index (χ3n) is 13.8. The van der Waals surface area contributed by atoms with E-state index in [9.17, 15) is 39.9 Å². The molecule has 3 aliphatic rings. The number of benzene rings is 1. The highest BCUT2D eigenvalue weighted by Gasteiger charge is 2.53. The number of carbonyl (C=O) groups excluding carboxylic acids is 3. The minimum Gasteiger partial charge on any atom is -0.459 e. The third-order valence-corrected chi connectivity index (χ3v) is 13.8. The lowest BCUT2D eigenvalue weighted by atomic mass is 9.74. The SMILES string of the molecule is COC1(C)CC(O[C@H]2[C@H](C)[C@@H](OC3OC(C)CC(N(C)C)C3O)[C@](C)(O)C[C@@H](C)C(=O)[C@H](C)[C@@H](O)[C@](C)(O)[C@@H](CCNC(=O)c3cnc4ccccc4n3)OC(=O)[C@@H]2C)OC(C)C1O. The Morgan fingerprint density at radius 3 is 2.22 bits per heavy atom. The molecule has 6 N–H and O–H groups in total. The molecule has 5 rings (SSSR count). The van der Waals surface area contributed by atoms with Gasteiger partial charge in [0, 0.05) is 50.3 Å². The van der Waals surface area contributed by atoms with Crippen molar-refractivity contribution in [1.82, 2.24) is 20.2 Å². The standard InChI is InChI=1S/C46H72N4O14/c1-23-20-44(7,57)40(64-43-36(52)32(50(10)11)19-24(2)60-43)26(4)37(63-34-21-45(8,59-12)39(54)28(6)61-34)27(5)42(56)62-33(46(9,58)38(53)25(3)35(23)51)17-18-47-41(55)31-22-48-29-15-13-14-16-30(29)49-31/h13-16,22-28,32-34,36-40,43,52-54,57-58H,17-21H2,1-12H3,(H,47,55)/t23-,24?,25+,26+,27-,28?,32?,33-,34?,36?,37+,38-,39?,40-,43?,44-,45?,46-/m1/s1. The van der Waals surface area contributed by atoms with Crippen LogP contribution in [0.3, 0.4) is 0 Å². The molecule has 4 heterocycles. The van der Waals surface area contributed by atoms with Crippen LogP contribution in [0.2, 0.25) is 0 Å². The highest BCUT2D eigenvalue weighted by atomic mass is 16.7. The first kappa shape index (κ1) is 51.7. The first-order chi connectivity index (χ1) is 29.8. The van der Waals surface area contributed by atoms with E-state index in [0.29, 0.717) is 17.5 Å². The average molecular weight is 905 g/mol. The molecule has 0 spiro atoms. The van der Waals surface area contributed by atoms with Crippen molar-refractivity contribution in [2.75, 3.05) is 27.7 Å². The fourth-order valence-electron chi connectivity index (χ4n) is 9.74. The minimum atomic E-state index is -2.25. The Hall–Kier alpha value is -3.27. The number of nitrogens with one attached hydrogen (secondary N) is 1. The first-order valence-electron chi connectivity index (χ1n) is 22.4. The fraction of sp³-hybridized carbons (Fsp3) is 0.761. The number of aromatic nitrogens is 2. The molecule has 18 nitrogen and oxygen atoms in total. The van der Waals surface area contributed by atoms with E-state index in [1.165, 1.54) is 34.1 Å². The van der Waals surface area contributed by atoms with Crippen molar-refractivity contribution in [3.05, 3.63) is 36.2 Å². The normalized spacial score (nSPS) is 41.9. The highest BCUT2D eigenvalue weighted by Crippen LogP contribution is 2.41. The molecule has 0 radical (unpaired) electrons. The molecular formula is C46H72N4O14. The molecule has 18 heteroatoms. The predicted octanol–water partition coefficient (Wildman–Crippen LogP) is 2.14. The second-order valence-electron chi connectivity index (χ2n) is 19.4. The van der Waals surface area contributed by atoms with E-state index < -0.39 is 113 Å². The number of ketones is 1. The second-order valence-corrected chi connectivity index (χ2v) is 19.4. The van der Waals surface area contributed by atoms with Gasteiger partial charge >= 0.3 is 5.97 Å². The van der Waals surface area contributed by atoms with Crippen LogP contribution in [0.1, 0.15) is 98.5 Å². The number of nitrogens with zero attached hydrogens (tertiary/aromatic N) is 3. The van der Waals surface area contributed by atoms with E-state index in [2.05, 4.69) is 15.3 Å². The molecule has 64 heavy (non-hydrogen) atoms. The number of para-hydroxylation sites is 2. The van der Waals surface area contributed by atoms with Crippen LogP contribution in [0.25, 0.3) is 11.0 Å². The number of hydrogen-bond acceptors (Lipinski definition) is 17. The predicted molar refractivity (Wildman–Crippen MR) is 232 cm³/mol. The van der Waals surface area contributed by atoms with Gasteiger partial charge in [-0.25, -0.2) is 4.98 Å². The van der Waals surface area contributed by atoms with E-state index in [4.69, 9.17) is 28.4 Å². The van der Waals surface area contributed by atoms with Crippen LogP contribution in [0.4, 0.5) is 0 Å². The summed E-state index contributed by atoms with van der Waals surface area (Å²) in [4.78, 5) is 52.7. The number of ether oxygens (including phenoxy) is 6. The maximum atomic E-state index is 14.7. The summed E-state index contributed by atoms with van der Waals surface area (Å²) in [6.07, 6.45) is -9.96. The fourth-order valence-corrected chi connectivity index (χ4v) is 9.74. The molecule has 1 aromatic heterocycles. The number of likely N-dealkylation sites (N-methyl/N-ethyl adjacent to an activating group) is 1. The molecule has 1 aromatic carbocycles. The summed E-state index contributed by atoms with van der Waals surface area (Å²) in [5.41, 5.74) is -4.10. The van der Waals surface area contributed by atoms with Gasteiger partial charge < -0.3 is 64.2 Å². The molecule has 18 atom stereocenters. The third kappa shape index (κ3) is 11.3. The maximum absolute atomic E-state index is 14.7. The number of esters is 1. The van der Waals surface area contributed by atoms with Gasteiger partial charge in [-0.2, -0.15) is 0 Å². The van der Waals surface area contributed by atoms with Crippen LogP contribution in [-0.2, 0) is 38.0 Å². The molecule has 8 unspecified atom stereocenters. The van der Waals surface area contributed by atoms with Crippen LogP contribution in [0, 0.1) is 23.7 Å². The number of amides is 1. The monoisotopic (exact) mass is 905 g/mol. The topological polar surface area (TPSA) is 249 Å². The Bertz CT molecular complexity index is 1920. The van der Waals surface area contributed by atoms with Crippen LogP contribution in [-0.4, -0.2) is 170 Å². The van der Waals surface area contributed by atoms with Crippen molar-refractivity contribution in [3.8, 4) is 0 Å². The van der Waals surface area contributed by atoms with Crippen molar-refractivity contribution in [2.24, 2.45) is 23.7 Å². The Morgan fingerprint density at radius 2 is 1.58 bits per heavy atom. The number of hydrogen-bond donors (Lipinski definition) is 6. The molecule has 0 aliphatic carbocycles. The lowest BCUT2D eigenvalue weighted by Gasteiger charge is -2.49. The molecule has 0 saturated carbocycles. The number of aliphatic hydroxyl groups excluding tert-OH is 3. The van der Waals surface area contributed by atoms with E-state index in [1.54, 1.807) is 58.9 Å². The summed E-state index contributed by atoms with van der Waals surface area (Å²) >= 11 is 0. The number of rotatable bonds is 10. The largest absolute Gasteiger partial charge is 0.459 e. The van der Waals surface area contributed by atoms with Crippen molar-refractivity contribution in [1.29, 1.82) is 0 Å². The van der Waals surface area contributed by atoms with Crippen LogP contribution >= 0.6 is 0 Å². The average Bonchev–Trinajstić information content (AvgIpc) is 3.24. The zero-order chi connectivity index (χ0) is 47.6. The Morgan fingerprint density at radius 1 is 0.922 bits per heavy atom. The van der Waals surface area contributed by atoms with Crippen molar-refractivity contribution >= 4 is 28.7 Å². The summed E-state index contributed by atoms with van der Waals surface area (Å²) in [7, 11) is 5.12.